The fourth-order valence-electron chi connectivity index (χ4n) is 2.57. The molecular weight excluding hydrogens is 194 g/mol. The molecule has 1 nitrogen and oxygen atoms in total. The number of hydrogen-bond donors (Lipinski definition) is 1. The van der Waals surface area contributed by atoms with E-state index in [1.54, 1.807) is 0 Å². The molecule has 0 bridgehead atoms. The van der Waals surface area contributed by atoms with Crippen molar-refractivity contribution in [1.82, 2.24) is 5.32 Å². The molecule has 1 N–H and O–H groups in total. The van der Waals surface area contributed by atoms with E-state index in [9.17, 15) is 0 Å². The van der Waals surface area contributed by atoms with Gasteiger partial charge in [-0.3, -0.25) is 0 Å². The zero-order chi connectivity index (χ0) is 11.5. The van der Waals surface area contributed by atoms with Gasteiger partial charge >= 0.3 is 0 Å². The molecule has 0 amide bonds. The van der Waals surface area contributed by atoms with Crippen LogP contribution in [0, 0.1) is 12.3 Å². The van der Waals surface area contributed by atoms with Crippen molar-refractivity contribution in [2.45, 2.75) is 76.7 Å². The zero-order valence-electron chi connectivity index (χ0n) is 10.6. The Morgan fingerprint density at radius 1 is 0.812 bits per heavy atom. The van der Waals surface area contributed by atoms with Crippen LogP contribution in [-0.4, -0.2) is 12.6 Å². The molecule has 1 fully saturated rings. The van der Waals surface area contributed by atoms with Crippen molar-refractivity contribution in [3.05, 3.63) is 0 Å². The topological polar surface area (TPSA) is 12.0 Å². The summed E-state index contributed by atoms with van der Waals surface area (Å²) in [5, 5.41) is 3.49. The summed E-state index contributed by atoms with van der Waals surface area (Å²) in [6.07, 6.45) is 20.7. The Morgan fingerprint density at radius 3 is 1.69 bits per heavy atom. The van der Waals surface area contributed by atoms with Crippen molar-refractivity contribution in [2.24, 2.45) is 0 Å². The van der Waals surface area contributed by atoms with Crippen molar-refractivity contribution in [2.75, 3.05) is 6.54 Å². The van der Waals surface area contributed by atoms with Gasteiger partial charge in [0, 0.05) is 6.04 Å². The Labute approximate surface area is 101 Å². The van der Waals surface area contributed by atoms with Crippen molar-refractivity contribution in [3.8, 4) is 12.3 Å². The molecule has 0 aromatic carbocycles. The summed E-state index contributed by atoms with van der Waals surface area (Å²) in [7, 11) is 0. The molecule has 0 radical (unpaired) electrons. The van der Waals surface area contributed by atoms with Gasteiger partial charge in [0.05, 0.1) is 6.54 Å². The summed E-state index contributed by atoms with van der Waals surface area (Å²) in [4.78, 5) is 0. The van der Waals surface area contributed by atoms with Crippen molar-refractivity contribution in [3.63, 3.8) is 0 Å². The maximum Gasteiger partial charge on any atom is 0.0575 e. The van der Waals surface area contributed by atoms with Crippen LogP contribution in [-0.2, 0) is 0 Å². The van der Waals surface area contributed by atoms with Crippen LogP contribution in [0.15, 0.2) is 0 Å². The van der Waals surface area contributed by atoms with Crippen LogP contribution in [0.5, 0.6) is 0 Å². The van der Waals surface area contributed by atoms with Crippen LogP contribution >= 0.6 is 0 Å². The van der Waals surface area contributed by atoms with E-state index in [-0.39, 0.29) is 0 Å². The quantitative estimate of drug-likeness (QED) is 0.698. The van der Waals surface area contributed by atoms with Crippen molar-refractivity contribution in [1.29, 1.82) is 0 Å². The molecule has 0 aromatic heterocycles. The molecule has 0 aromatic rings. The maximum atomic E-state index is 5.30. The van der Waals surface area contributed by atoms with Crippen molar-refractivity contribution < 1.29 is 0 Å². The van der Waals surface area contributed by atoms with Crippen LogP contribution in [0.25, 0.3) is 0 Å². The summed E-state index contributed by atoms with van der Waals surface area (Å²) in [6, 6.07) is 0.676. The average molecular weight is 221 g/mol. The first-order valence-corrected chi connectivity index (χ1v) is 7.10. The Bertz CT molecular complexity index is 180. The third-order valence-corrected chi connectivity index (χ3v) is 3.60. The first kappa shape index (κ1) is 13.6. The third kappa shape index (κ3) is 6.90. The molecule has 92 valence electrons. The highest BCUT2D eigenvalue weighted by atomic mass is 14.9. The van der Waals surface area contributed by atoms with Crippen LogP contribution in [0.2, 0.25) is 0 Å². The lowest BCUT2D eigenvalue weighted by Gasteiger charge is -2.18. The van der Waals surface area contributed by atoms with Crippen LogP contribution in [0.1, 0.15) is 70.6 Å². The minimum Gasteiger partial charge on any atom is -0.303 e. The molecule has 0 aliphatic heterocycles. The van der Waals surface area contributed by atoms with E-state index in [4.69, 9.17) is 6.42 Å². The van der Waals surface area contributed by atoms with Gasteiger partial charge in [-0.15, -0.1) is 6.42 Å². The number of rotatable bonds is 2. The van der Waals surface area contributed by atoms with E-state index in [1.807, 2.05) is 0 Å². The lowest BCUT2D eigenvalue weighted by atomic mass is 9.98. The highest BCUT2D eigenvalue weighted by Crippen LogP contribution is 2.16. The van der Waals surface area contributed by atoms with E-state index in [1.165, 1.54) is 70.6 Å². The first-order valence-electron chi connectivity index (χ1n) is 7.10. The Morgan fingerprint density at radius 2 is 1.25 bits per heavy atom. The monoisotopic (exact) mass is 221 g/mol. The summed E-state index contributed by atoms with van der Waals surface area (Å²) in [6.45, 7) is 0.741. The summed E-state index contributed by atoms with van der Waals surface area (Å²) in [5.74, 6) is 2.69. The van der Waals surface area contributed by atoms with Crippen LogP contribution in [0.4, 0.5) is 0 Å². The second kappa shape index (κ2) is 9.73. The van der Waals surface area contributed by atoms with Gasteiger partial charge in [-0.1, -0.05) is 63.7 Å². The van der Waals surface area contributed by atoms with Gasteiger partial charge in [0.25, 0.3) is 0 Å². The average Bonchev–Trinajstić information content (AvgIpc) is 2.28. The second-order valence-corrected chi connectivity index (χ2v) is 5.04. The van der Waals surface area contributed by atoms with E-state index < -0.39 is 0 Å². The molecule has 0 unspecified atom stereocenters. The Kier molecular flexibility index (Phi) is 8.26. The Balaban J connectivity index is 2.22. The standard InChI is InChI=1S/C15H27N/c1-2-14-16-15-12-10-8-6-4-3-5-7-9-11-13-15/h1,15-16H,3-14H2. The number of hydrogen-bond acceptors (Lipinski definition) is 1. The van der Waals surface area contributed by atoms with Gasteiger partial charge in [0.15, 0.2) is 0 Å². The van der Waals surface area contributed by atoms with Crippen LogP contribution in [0.3, 0.4) is 0 Å². The van der Waals surface area contributed by atoms with Gasteiger partial charge in [-0.25, -0.2) is 0 Å². The molecular formula is C15H27N. The molecule has 16 heavy (non-hydrogen) atoms. The molecule has 1 saturated carbocycles. The zero-order valence-corrected chi connectivity index (χ0v) is 10.6. The van der Waals surface area contributed by atoms with Gasteiger partial charge < -0.3 is 5.32 Å². The highest BCUT2D eigenvalue weighted by molar-refractivity contribution is 4.88. The SMILES string of the molecule is C#CCNC1CCCCCCCCCCC1. The fraction of sp³-hybridized carbons (Fsp3) is 0.867. The molecule has 0 spiro atoms. The third-order valence-electron chi connectivity index (χ3n) is 3.60. The smallest absolute Gasteiger partial charge is 0.0575 e. The minimum atomic E-state index is 0.676. The first-order chi connectivity index (χ1) is 7.93. The fourth-order valence-corrected chi connectivity index (χ4v) is 2.57. The predicted octanol–water partition coefficient (Wildman–Crippen LogP) is 3.88. The molecule has 1 aliphatic rings. The normalized spacial score (nSPS) is 21.7. The van der Waals surface area contributed by atoms with E-state index in [2.05, 4.69) is 11.2 Å². The van der Waals surface area contributed by atoms with Crippen molar-refractivity contribution >= 4 is 0 Å². The van der Waals surface area contributed by atoms with E-state index in [0.29, 0.717) is 6.04 Å². The lowest BCUT2D eigenvalue weighted by molar-refractivity contribution is 0.417. The van der Waals surface area contributed by atoms with E-state index >= 15 is 0 Å². The molecule has 0 atom stereocenters. The largest absolute Gasteiger partial charge is 0.303 e. The summed E-state index contributed by atoms with van der Waals surface area (Å²) < 4.78 is 0. The predicted molar refractivity (Wildman–Crippen MR) is 71.4 cm³/mol. The van der Waals surface area contributed by atoms with E-state index in [0.717, 1.165) is 6.54 Å². The van der Waals surface area contributed by atoms with Gasteiger partial charge in [0.1, 0.15) is 0 Å². The van der Waals surface area contributed by atoms with Gasteiger partial charge in [-0.2, -0.15) is 0 Å². The van der Waals surface area contributed by atoms with Crippen LogP contribution < -0.4 is 5.32 Å². The molecule has 1 aliphatic carbocycles. The minimum absolute atomic E-state index is 0.676. The maximum absolute atomic E-state index is 5.30. The molecule has 1 heteroatoms. The molecule has 1 rings (SSSR count). The van der Waals surface area contributed by atoms with Gasteiger partial charge in [0.2, 0.25) is 0 Å². The van der Waals surface area contributed by atoms with Gasteiger partial charge in [-0.05, 0) is 12.8 Å². The summed E-state index contributed by atoms with van der Waals surface area (Å²) >= 11 is 0. The second-order valence-electron chi connectivity index (χ2n) is 5.04. The lowest BCUT2D eigenvalue weighted by Crippen LogP contribution is -2.29. The summed E-state index contributed by atoms with van der Waals surface area (Å²) in [5.41, 5.74) is 0. The highest BCUT2D eigenvalue weighted by Gasteiger charge is 2.07. The Hall–Kier alpha value is -0.480. The molecule has 0 heterocycles. The molecule has 0 saturated heterocycles. The number of nitrogens with one attached hydrogen (secondary N) is 1. The number of terminal acetylenes is 1.